The topological polar surface area (TPSA) is 134 Å². The molecule has 10 heteroatoms. The van der Waals surface area contributed by atoms with Crippen LogP contribution < -0.4 is 5.73 Å². The molecule has 0 bridgehead atoms. The van der Waals surface area contributed by atoms with E-state index in [1.54, 1.807) is 0 Å². The van der Waals surface area contributed by atoms with Crippen molar-refractivity contribution < 1.29 is 37.6 Å². The number of esters is 2. The molecule has 0 amide bonds. The molecule has 0 aliphatic rings. The van der Waals surface area contributed by atoms with Gasteiger partial charge in [-0.25, -0.2) is 4.57 Å². The summed E-state index contributed by atoms with van der Waals surface area (Å²) in [5.41, 5.74) is 5.41. The van der Waals surface area contributed by atoms with Crippen molar-refractivity contribution in [1.29, 1.82) is 0 Å². The molecular formula is C87H136NO8P. The number of carbonyl (C=O) groups excluding carboxylic acids is 2. The number of unbranched alkanes of at least 4 members (excludes halogenated alkanes) is 17. The maximum absolute atomic E-state index is 12.8. The Bertz CT molecular complexity index is 2450. The minimum atomic E-state index is -4.42. The molecule has 0 saturated carbocycles. The first-order valence-corrected chi connectivity index (χ1v) is 39.4. The average molecular weight is 1360 g/mol. The number of allylic oxidation sites excluding steroid dienone is 38. The molecule has 0 fully saturated rings. The molecule has 542 valence electrons. The van der Waals surface area contributed by atoms with Gasteiger partial charge in [0.25, 0.3) is 0 Å². The minimum Gasteiger partial charge on any atom is -0.462 e. The molecule has 0 aromatic rings. The number of hydrogen-bond acceptors (Lipinski definition) is 8. The lowest BCUT2D eigenvalue weighted by molar-refractivity contribution is -0.161. The van der Waals surface area contributed by atoms with Gasteiger partial charge in [0.15, 0.2) is 6.10 Å². The van der Waals surface area contributed by atoms with Gasteiger partial charge in [0.05, 0.1) is 13.2 Å². The van der Waals surface area contributed by atoms with Crippen molar-refractivity contribution in [2.24, 2.45) is 5.73 Å². The van der Waals surface area contributed by atoms with Crippen LogP contribution >= 0.6 is 7.82 Å². The molecule has 0 spiro atoms. The van der Waals surface area contributed by atoms with Gasteiger partial charge in [0.1, 0.15) is 6.61 Å². The second kappa shape index (κ2) is 79.1. The second-order valence-electron chi connectivity index (χ2n) is 24.0. The molecule has 0 aliphatic carbocycles. The summed E-state index contributed by atoms with van der Waals surface area (Å²) in [5, 5.41) is 0. The summed E-state index contributed by atoms with van der Waals surface area (Å²) < 4.78 is 33.2. The van der Waals surface area contributed by atoms with E-state index in [2.05, 4.69) is 245 Å². The van der Waals surface area contributed by atoms with Gasteiger partial charge in [0, 0.05) is 19.4 Å². The van der Waals surface area contributed by atoms with Crippen LogP contribution in [-0.4, -0.2) is 49.3 Å². The number of ether oxygens (including phenoxy) is 2. The molecule has 9 nitrogen and oxygen atoms in total. The fraction of sp³-hybridized carbons (Fsp3) is 0.540. The lowest BCUT2D eigenvalue weighted by Gasteiger charge is -2.19. The van der Waals surface area contributed by atoms with Gasteiger partial charge in [-0.2, -0.15) is 0 Å². The van der Waals surface area contributed by atoms with E-state index >= 15 is 0 Å². The molecule has 0 heterocycles. The molecule has 0 radical (unpaired) electrons. The summed E-state index contributed by atoms with van der Waals surface area (Å²) in [7, 11) is -4.42. The monoisotopic (exact) mass is 1350 g/mol. The van der Waals surface area contributed by atoms with E-state index in [4.69, 9.17) is 24.3 Å². The number of rotatable bonds is 68. The van der Waals surface area contributed by atoms with E-state index in [-0.39, 0.29) is 32.6 Å². The van der Waals surface area contributed by atoms with Crippen molar-refractivity contribution in [2.75, 3.05) is 26.4 Å². The maximum atomic E-state index is 12.8. The van der Waals surface area contributed by atoms with E-state index in [9.17, 15) is 19.0 Å². The van der Waals surface area contributed by atoms with E-state index in [0.29, 0.717) is 12.8 Å². The van der Waals surface area contributed by atoms with Gasteiger partial charge < -0.3 is 20.1 Å². The van der Waals surface area contributed by atoms with Crippen LogP contribution in [0, 0.1) is 0 Å². The molecule has 3 N–H and O–H groups in total. The van der Waals surface area contributed by atoms with Gasteiger partial charge in [-0.15, -0.1) is 0 Å². The van der Waals surface area contributed by atoms with E-state index in [0.717, 1.165) is 173 Å². The molecule has 0 aliphatic heterocycles. The fourth-order valence-electron chi connectivity index (χ4n) is 9.54. The number of nitrogens with two attached hydrogens (primary N) is 1. The third kappa shape index (κ3) is 78.9. The smallest absolute Gasteiger partial charge is 0.462 e. The van der Waals surface area contributed by atoms with Gasteiger partial charge in [-0.3, -0.25) is 18.6 Å². The number of phosphoric ester groups is 1. The lowest BCUT2D eigenvalue weighted by Crippen LogP contribution is -2.29. The third-order valence-electron chi connectivity index (χ3n) is 15.0. The van der Waals surface area contributed by atoms with E-state index in [1.165, 1.54) is 57.8 Å². The van der Waals surface area contributed by atoms with Gasteiger partial charge in [0.2, 0.25) is 0 Å². The molecule has 2 unspecified atom stereocenters. The average Bonchev–Trinajstić information content (AvgIpc) is 2.88. The summed E-state index contributed by atoms with van der Waals surface area (Å²) in [4.78, 5) is 35.4. The standard InChI is InChI=1S/C87H136NO8P/c1-3-5-7-9-11-13-15-17-19-21-23-25-27-29-31-33-35-37-39-41-42-44-46-48-50-52-54-56-58-60-62-64-66-68-70-72-74-76-78-80-87(90)96-85(84-95-97(91,92)94-82-81-88)83-93-86(89)79-77-75-73-71-69-67-65-63-61-59-57-55-53-51-49-47-45-43-40-38-36-34-32-30-28-26-24-22-20-18-16-14-12-10-8-6-4-2/h5-8,11-14,17-20,23-26,29-32,35-38,41-43,45-46,48-49,51-52,54-55,57-58,60,85H,3-4,9-10,15-16,21-22,27-28,33-34,39-40,44,47,50,53,56,59,61-84,88H2,1-2H3,(H,91,92)/b7-5-,8-6-,13-11-,14-12-,19-17-,20-18-,25-23-,26-24-,31-29-,32-30-,37-35-,38-36-,42-41-,45-43-,48-46-,51-49-,54-52-,57-55-,60-58-. The number of carbonyl (C=O) groups is 2. The Labute approximate surface area is 593 Å². The Hall–Kier alpha value is -5.93. The first-order valence-electron chi connectivity index (χ1n) is 37.9. The van der Waals surface area contributed by atoms with Crippen LogP contribution in [0.3, 0.4) is 0 Å². The number of phosphoric acid groups is 1. The summed E-state index contributed by atoms with van der Waals surface area (Å²) in [6.45, 7) is 3.48. The van der Waals surface area contributed by atoms with E-state index in [1.807, 2.05) is 0 Å². The van der Waals surface area contributed by atoms with Crippen molar-refractivity contribution in [2.45, 2.75) is 277 Å². The van der Waals surface area contributed by atoms with Crippen molar-refractivity contribution in [1.82, 2.24) is 0 Å². The largest absolute Gasteiger partial charge is 0.472 e. The Morgan fingerprint density at radius 2 is 0.536 bits per heavy atom. The Morgan fingerprint density at radius 1 is 0.309 bits per heavy atom. The summed E-state index contributed by atoms with van der Waals surface area (Å²) in [6, 6.07) is 0. The summed E-state index contributed by atoms with van der Waals surface area (Å²) >= 11 is 0. The summed E-state index contributed by atoms with van der Waals surface area (Å²) in [5.74, 6) is -0.859. The zero-order chi connectivity index (χ0) is 70.0. The van der Waals surface area contributed by atoms with Crippen LogP contribution in [0.1, 0.15) is 271 Å². The predicted molar refractivity (Wildman–Crippen MR) is 421 cm³/mol. The van der Waals surface area contributed by atoms with Gasteiger partial charge >= 0.3 is 19.8 Å². The van der Waals surface area contributed by atoms with E-state index < -0.39 is 32.5 Å². The zero-order valence-electron chi connectivity index (χ0n) is 61.0. The van der Waals surface area contributed by atoms with Crippen LogP contribution in [0.15, 0.2) is 231 Å². The molecule has 0 aromatic heterocycles. The van der Waals surface area contributed by atoms with Crippen LogP contribution in [0.2, 0.25) is 0 Å². The first kappa shape index (κ1) is 91.1. The normalized spacial score (nSPS) is 14.2. The Kier molecular flexibility index (Phi) is 74.2. The number of hydrogen-bond donors (Lipinski definition) is 2. The van der Waals surface area contributed by atoms with Gasteiger partial charge in [-0.1, -0.05) is 328 Å². The lowest BCUT2D eigenvalue weighted by atomic mass is 10.1. The molecule has 2 atom stereocenters. The van der Waals surface area contributed by atoms with Gasteiger partial charge in [-0.05, 0) is 161 Å². The highest BCUT2D eigenvalue weighted by Crippen LogP contribution is 2.43. The highest BCUT2D eigenvalue weighted by molar-refractivity contribution is 7.47. The Morgan fingerprint density at radius 3 is 0.794 bits per heavy atom. The SMILES string of the molecule is CC/C=C\C/C=C\C/C=C\C/C=C\C/C=C\C/C=C\C/C=C\C/C=C\C/C=C\C/C=C\CCCCCCCCCCC(=O)OC(COC(=O)CCCCCCCCCCC/C=C\C/C=C\C/C=C\C/C=C\C/C=C\C/C=C\C/C=C\C/C=C\C/C=C\CC)COP(=O)(O)OCCN. The van der Waals surface area contributed by atoms with Crippen molar-refractivity contribution >= 4 is 19.8 Å². The third-order valence-corrected chi connectivity index (χ3v) is 16.0. The first-order chi connectivity index (χ1) is 47.8. The van der Waals surface area contributed by atoms with Crippen molar-refractivity contribution in [3.05, 3.63) is 231 Å². The predicted octanol–water partition coefficient (Wildman–Crippen LogP) is 25.7. The van der Waals surface area contributed by atoms with Crippen LogP contribution in [0.4, 0.5) is 0 Å². The second-order valence-corrected chi connectivity index (χ2v) is 25.5. The van der Waals surface area contributed by atoms with Crippen LogP contribution in [0.5, 0.6) is 0 Å². The molecule has 0 saturated heterocycles. The molecule has 0 rings (SSSR count). The molecule has 0 aromatic carbocycles. The van der Waals surface area contributed by atoms with Crippen LogP contribution in [0.25, 0.3) is 0 Å². The maximum Gasteiger partial charge on any atom is 0.472 e. The highest BCUT2D eigenvalue weighted by atomic mass is 31.2. The zero-order valence-corrected chi connectivity index (χ0v) is 61.9. The highest BCUT2D eigenvalue weighted by Gasteiger charge is 2.26. The Balaban J connectivity index is 4.00. The molecule has 97 heavy (non-hydrogen) atoms. The van der Waals surface area contributed by atoms with Crippen molar-refractivity contribution in [3.63, 3.8) is 0 Å². The fourth-order valence-corrected chi connectivity index (χ4v) is 10.3. The quantitative estimate of drug-likeness (QED) is 0.0264. The van der Waals surface area contributed by atoms with Crippen molar-refractivity contribution in [3.8, 4) is 0 Å². The molecular weight excluding hydrogens is 1220 g/mol. The minimum absolute atomic E-state index is 0.0394. The summed E-state index contributed by atoms with van der Waals surface area (Å²) in [6.07, 6.45) is 124. The van der Waals surface area contributed by atoms with Crippen LogP contribution in [-0.2, 0) is 32.7 Å².